The quantitative estimate of drug-likeness (QED) is 0.838. The van der Waals surface area contributed by atoms with Crippen molar-refractivity contribution in [3.05, 3.63) is 45.4 Å². The van der Waals surface area contributed by atoms with Crippen LogP contribution < -0.4 is 10.1 Å². The normalized spacial score (nSPS) is 12.4. The van der Waals surface area contributed by atoms with Crippen LogP contribution in [0.2, 0.25) is 0 Å². The summed E-state index contributed by atoms with van der Waals surface area (Å²) in [5, 5.41) is 4.75. The molecule has 2 rings (SSSR count). The van der Waals surface area contributed by atoms with E-state index < -0.39 is 0 Å². The van der Waals surface area contributed by atoms with E-state index in [2.05, 4.69) is 49.3 Å². The van der Waals surface area contributed by atoms with Gasteiger partial charge in [0.15, 0.2) is 0 Å². The van der Waals surface area contributed by atoms with Crippen LogP contribution in [0.4, 0.5) is 0 Å². The first-order valence-electron chi connectivity index (χ1n) is 7.53. The van der Waals surface area contributed by atoms with E-state index in [9.17, 15) is 0 Å². The second kappa shape index (κ2) is 7.57. The average molecular weight is 304 g/mol. The molecule has 0 radical (unpaired) electrons. The van der Waals surface area contributed by atoms with E-state index in [0.717, 1.165) is 24.4 Å². The monoisotopic (exact) mass is 304 g/mol. The Morgan fingerprint density at radius 2 is 2.10 bits per heavy atom. The van der Waals surface area contributed by atoms with Gasteiger partial charge in [-0.05, 0) is 45.0 Å². The minimum Gasteiger partial charge on any atom is -0.494 e. The maximum Gasteiger partial charge on any atom is 0.119 e. The maximum atomic E-state index is 5.61. The van der Waals surface area contributed by atoms with Gasteiger partial charge in [-0.2, -0.15) is 0 Å². The van der Waals surface area contributed by atoms with Crippen LogP contribution in [0.1, 0.15) is 41.0 Å². The fourth-order valence-corrected chi connectivity index (χ4v) is 3.32. The summed E-state index contributed by atoms with van der Waals surface area (Å²) < 4.78 is 5.61. The number of thiazole rings is 1. The van der Waals surface area contributed by atoms with Crippen molar-refractivity contribution in [3.63, 3.8) is 0 Å². The third-order valence-corrected chi connectivity index (χ3v) is 4.57. The van der Waals surface area contributed by atoms with Crippen LogP contribution in [0.25, 0.3) is 0 Å². The number of rotatable bonds is 7. The van der Waals surface area contributed by atoms with Gasteiger partial charge in [0.25, 0.3) is 0 Å². The van der Waals surface area contributed by atoms with E-state index in [1.165, 1.54) is 15.4 Å². The Balaban J connectivity index is 2.19. The molecule has 1 aromatic carbocycles. The average Bonchev–Trinajstić information content (AvgIpc) is 2.78. The van der Waals surface area contributed by atoms with Gasteiger partial charge in [0.05, 0.1) is 17.3 Å². The third kappa shape index (κ3) is 4.29. The number of aryl methyl sites for hydroxylation is 2. The molecule has 1 N–H and O–H groups in total. The largest absolute Gasteiger partial charge is 0.494 e. The Hall–Kier alpha value is -1.39. The third-order valence-electron chi connectivity index (χ3n) is 3.47. The molecule has 0 saturated carbocycles. The number of likely N-dealkylation sites (N-methyl/N-ethyl adjacent to an activating group) is 1. The van der Waals surface area contributed by atoms with Crippen LogP contribution in [0, 0.1) is 13.8 Å². The van der Waals surface area contributed by atoms with Crippen LogP contribution >= 0.6 is 11.3 Å². The Labute approximate surface area is 131 Å². The number of hydrogen-bond acceptors (Lipinski definition) is 4. The number of benzene rings is 1. The van der Waals surface area contributed by atoms with Gasteiger partial charge in [-0.15, -0.1) is 11.3 Å². The van der Waals surface area contributed by atoms with E-state index >= 15 is 0 Å². The van der Waals surface area contributed by atoms with Crippen molar-refractivity contribution in [3.8, 4) is 5.75 Å². The van der Waals surface area contributed by atoms with Crippen molar-refractivity contribution in [1.82, 2.24) is 10.3 Å². The minimum absolute atomic E-state index is 0.278. The SMILES string of the molecule is CCNC(Cc1nc(C)c(C)s1)c1cccc(OCC)c1. The highest BCUT2D eigenvalue weighted by Gasteiger charge is 2.15. The maximum absolute atomic E-state index is 5.61. The van der Waals surface area contributed by atoms with Crippen LogP contribution in [-0.2, 0) is 6.42 Å². The molecule has 2 aromatic rings. The lowest BCUT2D eigenvalue weighted by Crippen LogP contribution is -2.23. The number of nitrogens with one attached hydrogen (secondary N) is 1. The van der Waals surface area contributed by atoms with Crippen molar-refractivity contribution in [1.29, 1.82) is 0 Å². The lowest BCUT2D eigenvalue weighted by molar-refractivity contribution is 0.339. The molecule has 1 heterocycles. The Morgan fingerprint density at radius 1 is 1.29 bits per heavy atom. The molecule has 0 amide bonds. The predicted octanol–water partition coefficient (Wildman–Crippen LogP) is 4.05. The summed E-state index contributed by atoms with van der Waals surface area (Å²) in [6.45, 7) is 9.99. The van der Waals surface area contributed by atoms with Gasteiger partial charge >= 0.3 is 0 Å². The summed E-state index contributed by atoms with van der Waals surface area (Å²) >= 11 is 1.80. The minimum atomic E-state index is 0.278. The van der Waals surface area contributed by atoms with E-state index in [0.29, 0.717) is 6.61 Å². The van der Waals surface area contributed by atoms with E-state index in [4.69, 9.17) is 4.74 Å². The van der Waals surface area contributed by atoms with Gasteiger partial charge < -0.3 is 10.1 Å². The van der Waals surface area contributed by atoms with Gasteiger partial charge in [0.2, 0.25) is 0 Å². The molecular weight excluding hydrogens is 280 g/mol. The van der Waals surface area contributed by atoms with Crippen molar-refractivity contribution < 1.29 is 4.74 Å². The van der Waals surface area contributed by atoms with Gasteiger partial charge in [-0.3, -0.25) is 0 Å². The van der Waals surface area contributed by atoms with Crippen LogP contribution in [0.15, 0.2) is 24.3 Å². The highest BCUT2D eigenvalue weighted by atomic mass is 32.1. The molecule has 1 unspecified atom stereocenters. The molecule has 0 aliphatic rings. The molecule has 0 fully saturated rings. The molecule has 21 heavy (non-hydrogen) atoms. The fraction of sp³-hybridized carbons (Fsp3) is 0.471. The summed E-state index contributed by atoms with van der Waals surface area (Å²) in [4.78, 5) is 5.97. The fourth-order valence-electron chi connectivity index (χ4n) is 2.34. The lowest BCUT2D eigenvalue weighted by atomic mass is 10.0. The van der Waals surface area contributed by atoms with Crippen LogP contribution in [0.5, 0.6) is 5.75 Å². The topological polar surface area (TPSA) is 34.2 Å². The highest BCUT2D eigenvalue weighted by Crippen LogP contribution is 2.25. The van der Waals surface area contributed by atoms with Crippen molar-refractivity contribution >= 4 is 11.3 Å². The lowest BCUT2D eigenvalue weighted by Gasteiger charge is -2.18. The number of ether oxygens (including phenoxy) is 1. The first-order chi connectivity index (χ1) is 10.1. The van der Waals surface area contributed by atoms with E-state index in [1.807, 2.05) is 13.0 Å². The summed E-state index contributed by atoms with van der Waals surface area (Å²) in [5.41, 5.74) is 2.40. The first kappa shape index (κ1) is 16.0. The molecular formula is C17H24N2OS. The predicted molar refractivity (Wildman–Crippen MR) is 89.3 cm³/mol. The molecule has 0 bridgehead atoms. The summed E-state index contributed by atoms with van der Waals surface area (Å²) in [6, 6.07) is 8.63. The van der Waals surface area contributed by atoms with E-state index in [1.54, 1.807) is 11.3 Å². The molecule has 3 nitrogen and oxygen atoms in total. The van der Waals surface area contributed by atoms with Crippen LogP contribution in [0.3, 0.4) is 0 Å². The van der Waals surface area contributed by atoms with Gasteiger partial charge in [-0.25, -0.2) is 4.98 Å². The summed E-state index contributed by atoms with van der Waals surface area (Å²) in [5.74, 6) is 0.935. The standard InChI is InChI=1S/C17H24N2OS/c1-5-18-16(11-17-19-12(3)13(4)21-17)14-8-7-9-15(10-14)20-6-2/h7-10,16,18H,5-6,11H2,1-4H3. The van der Waals surface area contributed by atoms with Gasteiger partial charge in [-0.1, -0.05) is 19.1 Å². The first-order valence-corrected chi connectivity index (χ1v) is 8.34. The zero-order valence-electron chi connectivity index (χ0n) is 13.3. The Kier molecular flexibility index (Phi) is 5.76. The van der Waals surface area contributed by atoms with Gasteiger partial charge in [0, 0.05) is 17.3 Å². The second-order valence-corrected chi connectivity index (χ2v) is 6.36. The smallest absolute Gasteiger partial charge is 0.119 e. The molecule has 0 spiro atoms. The highest BCUT2D eigenvalue weighted by molar-refractivity contribution is 7.11. The zero-order valence-corrected chi connectivity index (χ0v) is 14.1. The summed E-state index contributed by atoms with van der Waals surface area (Å²) in [6.07, 6.45) is 0.919. The van der Waals surface area contributed by atoms with Crippen molar-refractivity contribution in [2.24, 2.45) is 0 Å². The Morgan fingerprint density at radius 3 is 2.71 bits per heavy atom. The molecule has 1 atom stereocenters. The molecule has 1 aromatic heterocycles. The molecule has 0 saturated heterocycles. The number of aromatic nitrogens is 1. The number of hydrogen-bond donors (Lipinski definition) is 1. The molecule has 4 heteroatoms. The molecule has 0 aliphatic carbocycles. The van der Waals surface area contributed by atoms with Crippen LogP contribution in [-0.4, -0.2) is 18.1 Å². The molecule has 114 valence electrons. The zero-order chi connectivity index (χ0) is 15.2. The summed E-state index contributed by atoms with van der Waals surface area (Å²) in [7, 11) is 0. The number of nitrogens with zero attached hydrogens (tertiary/aromatic N) is 1. The molecule has 0 aliphatic heterocycles. The van der Waals surface area contributed by atoms with Crippen molar-refractivity contribution in [2.75, 3.05) is 13.2 Å². The Bertz CT molecular complexity index is 560. The second-order valence-electron chi connectivity index (χ2n) is 5.07. The van der Waals surface area contributed by atoms with Crippen molar-refractivity contribution in [2.45, 2.75) is 40.2 Å². The van der Waals surface area contributed by atoms with E-state index in [-0.39, 0.29) is 6.04 Å². The van der Waals surface area contributed by atoms with Gasteiger partial charge in [0.1, 0.15) is 5.75 Å².